The molecule has 0 heteroatoms. The third kappa shape index (κ3) is 2.24. The van der Waals surface area contributed by atoms with E-state index in [4.69, 9.17) is 0 Å². The summed E-state index contributed by atoms with van der Waals surface area (Å²) in [7, 11) is 0. The third-order valence-electron chi connectivity index (χ3n) is 3.70. The van der Waals surface area contributed by atoms with Gasteiger partial charge in [0.1, 0.15) is 0 Å². The molecule has 3 atom stereocenters. The monoisotopic (exact) mass is 168 g/mol. The lowest BCUT2D eigenvalue weighted by molar-refractivity contribution is 0.150. The van der Waals surface area contributed by atoms with E-state index in [-0.39, 0.29) is 0 Å². The lowest BCUT2D eigenvalue weighted by Crippen LogP contribution is -2.25. The maximum Gasteiger partial charge on any atom is -0.0363 e. The summed E-state index contributed by atoms with van der Waals surface area (Å²) in [4.78, 5) is 0. The average molecular weight is 168 g/mol. The van der Waals surface area contributed by atoms with Crippen LogP contribution in [0, 0.1) is 17.8 Å². The summed E-state index contributed by atoms with van der Waals surface area (Å²) in [6.07, 6.45) is 8.75. The van der Waals surface area contributed by atoms with Crippen LogP contribution in [0.25, 0.3) is 0 Å². The Bertz CT molecular complexity index is 115. The highest BCUT2D eigenvalue weighted by molar-refractivity contribution is 4.78. The Morgan fingerprint density at radius 2 is 1.92 bits per heavy atom. The van der Waals surface area contributed by atoms with Gasteiger partial charge in [-0.25, -0.2) is 0 Å². The van der Waals surface area contributed by atoms with Crippen molar-refractivity contribution in [2.24, 2.45) is 17.8 Å². The Balaban J connectivity index is 2.45. The summed E-state index contributed by atoms with van der Waals surface area (Å²) >= 11 is 0. The van der Waals surface area contributed by atoms with E-state index in [1.807, 2.05) is 0 Å². The fourth-order valence-electron chi connectivity index (χ4n) is 3.06. The first kappa shape index (κ1) is 10.1. The van der Waals surface area contributed by atoms with Gasteiger partial charge in [-0.1, -0.05) is 59.3 Å². The topological polar surface area (TPSA) is 0 Å². The molecule has 0 aliphatic heterocycles. The van der Waals surface area contributed by atoms with E-state index in [2.05, 4.69) is 20.8 Å². The molecule has 1 saturated carbocycles. The van der Waals surface area contributed by atoms with Crippen molar-refractivity contribution in [2.75, 3.05) is 0 Å². The second-order valence-corrected chi connectivity index (χ2v) is 4.53. The van der Waals surface area contributed by atoms with Gasteiger partial charge >= 0.3 is 0 Å². The molecule has 0 aromatic heterocycles. The highest BCUT2D eigenvalue weighted by Crippen LogP contribution is 2.38. The molecule has 0 aromatic carbocycles. The maximum atomic E-state index is 2.45. The standard InChI is InChI=1S/C12H24/c1-4-7-11-9-6-8-10(3)12(11)5-2/h10-12H,4-9H2,1-3H3. The fourth-order valence-corrected chi connectivity index (χ4v) is 3.06. The molecule has 0 saturated heterocycles. The summed E-state index contributed by atoms with van der Waals surface area (Å²) in [6, 6.07) is 0. The first-order valence-electron chi connectivity index (χ1n) is 5.79. The van der Waals surface area contributed by atoms with Gasteiger partial charge in [0.05, 0.1) is 0 Å². The molecule has 0 radical (unpaired) electrons. The van der Waals surface area contributed by atoms with Crippen molar-refractivity contribution in [2.45, 2.75) is 59.3 Å². The van der Waals surface area contributed by atoms with Gasteiger partial charge in [-0.2, -0.15) is 0 Å². The maximum absolute atomic E-state index is 2.45. The van der Waals surface area contributed by atoms with Crippen molar-refractivity contribution in [3.05, 3.63) is 0 Å². The molecule has 0 N–H and O–H groups in total. The molecule has 1 fully saturated rings. The van der Waals surface area contributed by atoms with E-state index in [9.17, 15) is 0 Å². The van der Waals surface area contributed by atoms with Crippen LogP contribution in [0.3, 0.4) is 0 Å². The van der Waals surface area contributed by atoms with E-state index in [0.29, 0.717) is 0 Å². The molecule has 1 aliphatic carbocycles. The van der Waals surface area contributed by atoms with E-state index in [1.165, 1.54) is 38.5 Å². The molecular formula is C12H24. The number of hydrogen-bond donors (Lipinski definition) is 0. The number of hydrogen-bond acceptors (Lipinski definition) is 0. The highest BCUT2D eigenvalue weighted by atomic mass is 14.3. The summed E-state index contributed by atoms with van der Waals surface area (Å²) in [6.45, 7) is 7.15. The van der Waals surface area contributed by atoms with Gasteiger partial charge in [-0.3, -0.25) is 0 Å². The molecule has 1 aliphatic rings. The molecule has 1 rings (SSSR count). The van der Waals surface area contributed by atoms with Crippen LogP contribution in [-0.4, -0.2) is 0 Å². The normalized spacial score (nSPS) is 36.8. The Labute approximate surface area is 77.7 Å². The first-order chi connectivity index (χ1) is 5.79. The lowest BCUT2D eigenvalue weighted by Gasteiger charge is -2.36. The minimum atomic E-state index is 1.00. The van der Waals surface area contributed by atoms with Crippen molar-refractivity contribution in [1.29, 1.82) is 0 Å². The van der Waals surface area contributed by atoms with Crippen LogP contribution in [0.5, 0.6) is 0 Å². The second kappa shape index (κ2) is 4.89. The zero-order valence-corrected chi connectivity index (χ0v) is 8.97. The van der Waals surface area contributed by atoms with Gasteiger partial charge < -0.3 is 0 Å². The van der Waals surface area contributed by atoms with Crippen molar-refractivity contribution < 1.29 is 0 Å². The minimum Gasteiger partial charge on any atom is -0.0654 e. The van der Waals surface area contributed by atoms with Gasteiger partial charge in [-0.15, -0.1) is 0 Å². The van der Waals surface area contributed by atoms with Gasteiger partial charge in [-0.05, 0) is 17.8 Å². The fraction of sp³-hybridized carbons (Fsp3) is 1.00. The van der Waals surface area contributed by atoms with Crippen LogP contribution < -0.4 is 0 Å². The Morgan fingerprint density at radius 3 is 2.50 bits per heavy atom. The van der Waals surface area contributed by atoms with Crippen molar-refractivity contribution in [3.63, 3.8) is 0 Å². The summed E-state index contributed by atoms with van der Waals surface area (Å²) in [5.41, 5.74) is 0. The van der Waals surface area contributed by atoms with Crippen LogP contribution in [0.15, 0.2) is 0 Å². The van der Waals surface area contributed by atoms with Crippen molar-refractivity contribution in [3.8, 4) is 0 Å². The summed E-state index contributed by atoms with van der Waals surface area (Å²) in [5.74, 6) is 3.10. The molecule has 0 nitrogen and oxygen atoms in total. The van der Waals surface area contributed by atoms with E-state index in [1.54, 1.807) is 0 Å². The average Bonchev–Trinajstić information content (AvgIpc) is 2.05. The molecule has 3 unspecified atom stereocenters. The molecular weight excluding hydrogens is 144 g/mol. The van der Waals surface area contributed by atoms with Gasteiger partial charge in [0.25, 0.3) is 0 Å². The smallest absolute Gasteiger partial charge is 0.0363 e. The SMILES string of the molecule is CCCC1CCCC(C)C1CC. The predicted octanol–water partition coefficient (Wildman–Crippen LogP) is 4.25. The Kier molecular flexibility index (Phi) is 4.11. The largest absolute Gasteiger partial charge is 0.0654 e. The first-order valence-corrected chi connectivity index (χ1v) is 5.79. The molecule has 0 aromatic rings. The second-order valence-electron chi connectivity index (χ2n) is 4.53. The van der Waals surface area contributed by atoms with Crippen molar-refractivity contribution >= 4 is 0 Å². The van der Waals surface area contributed by atoms with Crippen LogP contribution in [0.1, 0.15) is 59.3 Å². The molecule has 12 heavy (non-hydrogen) atoms. The van der Waals surface area contributed by atoms with Gasteiger partial charge in [0.2, 0.25) is 0 Å². The van der Waals surface area contributed by atoms with Crippen LogP contribution in [0.2, 0.25) is 0 Å². The zero-order valence-electron chi connectivity index (χ0n) is 8.97. The molecule has 0 heterocycles. The quantitative estimate of drug-likeness (QED) is 0.591. The van der Waals surface area contributed by atoms with E-state index in [0.717, 1.165) is 17.8 Å². The Hall–Kier alpha value is 0. The molecule has 0 spiro atoms. The van der Waals surface area contributed by atoms with E-state index >= 15 is 0 Å². The summed E-state index contributed by atoms with van der Waals surface area (Å²) in [5, 5.41) is 0. The van der Waals surface area contributed by atoms with Crippen molar-refractivity contribution in [1.82, 2.24) is 0 Å². The van der Waals surface area contributed by atoms with Crippen LogP contribution in [-0.2, 0) is 0 Å². The third-order valence-corrected chi connectivity index (χ3v) is 3.70. The Morgan fingerprint density at radius 1 is 1.17 bits per heavy atom. The van der Waals surface area contributed by atoms with Gasteiger partial charge in [0, 0.05) is 0 Å². The van der Waals surface area contributed by atoms with Crippen LogP contribution >= 0.6 is 0 Å². The minimum absolute atomic E-state index is 1.00. The molecule has 0 bridgehead atoms. The predicted molar refractivity (Wildman–Crippen MR) is 55.2 cm³/mol. The van der Waals surface area contributed by atoms with Gasteiger partial charge in [0.15, 0.2) is 0 Å². The van der Waals surface area contributed by atoms with Crippen LogP contribution in [0.4, 0.5) is 0 Å². The zero-order chi connectivity index (χ0) is 8.97. The summed E-state index contributed by atoms with van der Waals surface area (Å²) < 4.78 is 0. The highest BCUT2D eigenvalue weighted by Gasteiger charge is 2.28. The number of rotatable bonds is 3. The molecule has 0 amide bonds. The lowest BCUT2D eigenvalue weighted by atomic mass is 9.70. The molecule has 72 valence electrons. The van der Waals surface area contributed by atoms with E-state index < -0.39 is 0 Å².